The largest absolute Gasteiger partial charge is 0.396 e. The number of aromatic nitrogens is 6. The van der Waals surface area contributed by atoms with Gasteiger partial charge >= 0.3 is 0 Å². The molecular weight excluding hydrogens is 899 g/mol. The maximum absolute atomic E-state index is 8.07. The first-order chi connectivity index (χ1) is 27.2. The molecule has 0 bridgehead atoms. The minimum atomic E-state index is 0.344. The second kappa shape index (κ2) is 21.8. The molecule has 0 unspecified atom stereocenters. The molecule has 0 saturated carbocycles. The van der Waals surface area contributed by atoms with Crippen molar-refractivity contribution >= 4 is 94.5 Å². The first kappa shape index (κ1) is 42.8. The Morgan fingerprint density at radius 1 is 0.661 bits per heavy atom. The monoisotopic (exact) mass is 934 g/mol. The first-order valence-corrected chi connectivity index (χ1v) is 20.3. The lowest BCUT2D eigenvalue weighted by Crippen LogP contribution is -2.01. The molecule has 0 aliphatic heterocycles. The molecule has 8 aromatic rings. The predicted molar refractivity (Wildman–Crippen MR) is 239 cm³/mol. The van der Waals surface area contributed by atoms with Crippen molar-refractivity contribution in [3.63, 3.8) is 0 Å². The number of nitrogens with zero attached hydrogens (tertiary/aromatic N) is 4. The van der Waals surface area contributed by atoms with Gasteiger partial charge in [-0.25, -0.2) is 19.9 Å². The predicted octanol–water partition coefficient (Wildman–Crippen LogP) is 12.3. The first-order valence-electron chi connectivity index (χ1n) is 17.6. The van der Waals surface area contributed by atoms with Gasteiger partial charge in [-0.1, -0.05) is 129 Å². The summed E-state index contributed by atoms with van der Waals surface area (Å²) in [6.45, 7) is 3.60. The molecule has 0 aliphatic rings. The third-order valence-corrected chi connectivity index (χ3v) is 9.93. The van der Waals surface area contributed by atoms with Crippen molar-refractivity contribution < 1.29 is 5.11 Å². The number of benzene rings is 4. The van der Waals surface area contributed by atoms with Gasteiger partial charge in [0.1, 0.15) is 34.9 Å². The number of fused-ring (bicyclic) bond motifs is 2. The summed E-state index contributed by atoms with van der Waals surface area (Å²) in [6.07, 6.45) is 5.05. The van der Waals surface area contributed by atoms with Gasteiger partial charge in [0.05, 0.1) is 10.8 Å². The summed E-state index contributed by atoms with van der Waals surface area (Å²) in [5.74, 6) is 0.796. The number of H-pyrrole nitrogens is 2. The number of anilines is 1. The summed E-state index contributed by atoms with van der Waals surface area (Å²) < 4.78 is 2.10. The van der Waals surface area contributed by atoms with Crippen molar-refractivity contribution in [1.29, 1.82) is 0 Å². The Bertz CT molecular complexity index is 2440. The fourth-order valence-corrected chi connectivity index (χ4v) is 6.36. The minimum Gasteiger partial charge on any atom is -0.396 e. The normalized spacial score (nSPS) is 10.5. The Morgan fingerprint density at radius 2 is 1.18 bits per heavy atom. The number of aromatic amines is 2. The average Bonchev–Trinajstić information content (AvgIpc) is 3.85. The highest BCUT2D eigenvalue weighted by molar-refractivity contribution is 9.10. The van der Waals surface area contributed by atoms with E-state index in [1.54, 1.807) is 6.33 Å². The van der Waals surface area contributed by atoms with Crippen LogP contribution >= 0.6 is 66.7 Å². The van der Waals surface area contributed by atoms with Crippen LogP contribution in [-0.4, -0.2) is 41.6 Å². The number of unbranched alkanes of at least 4 members (excludes halogenated alkanes) is 1. The zero-order valence-corrected chi connectivity index (χ0v) is 35.7. The summed E-state index contributed by atoms with van der Waals surface area (Å²) >= 11 is 24.6. The maximum atomic E-state index is 8.07. The van der Waals surface area contributed by atoms with E-state index in [1.807, 2.05) is 91.0 Å². The van der Waals surface area contributed by atoms with E-state index >= 15 is 0 Å². The summed E-state index contributed by atoms with van der Waals surface area (Å²) in [5.41, 5.74) is 13.3. The molecule has 9 nitrogen and oxygen atoms in total. The lowest BCUT2D eigenvalue weighted by atomic mass is 10.1. The number of nitrogens with two attached hydrogens (primary N) is 1. The van der Waals surface area contributed by atoms with Crippen LogP contribution in [0.2, 0.25) is 15.2 Å². The molecule has 288 valence electrons. The van der Waals surface area contributed by atoms with Crippen LogP contribution in [0.1, 0.15) is 30.9 Å². The van der Waals surface area contributed by atoms with E-state index in [0.717, 1.165) is 93.4 Å². The van der Waals surface area contributed by atoms with Gasteiger partial charge in [0.2, 0.25) is 0 Å². The Kier molecular flexibility index (Phi) is 16.7. The molecule has 0 saturated heterocycles. The molecule has 0 radical (unpaired) electrons. The topological polar surface area (TPSA) is 141 Å². The Hall–Kier alpha value is -4.33. The van der Waals surface area contributed by atoms with Crippen LogP contribution in [0.3, 0.4) is 0 Å². The average molecular weight is 938 g/mol. The fraction of sp³-hybridized carbons (Fsp3) is 0.143. The molecular formula is C42H39Br2Cl3N8O. The molecule has 56 heavy (non-hydrogen) atoms. The zero-order chi connectivity index (χ0) is 39.9. The summed E-state index contributed by atoms with van der Waals surface area (Å²) in [4.78, 5) is 23.4. The highest BCUT2D eigenvalue weighted by atomic mass is 79.9. The highest BCUT2D eigenvalue weighted by Gasteiger charge is 2.10. The molecule has 4 heterocycles. The molecule has 8 rings (SSSR count). The Balaban J connectivity index is 0.000000166. The lowest BCUT2D eigenvalue weighted by molar-refractivity contribution is 0.287. The van der Waals surface area contributed by atoms with Crippen LogP contribution in [0.25, 0.3) is 44.6 Å². The summed E-state index contributed by atoms with van der Waals surface area (Å²) in [6, 6.07) is 35.5. The van der Waals surface area contributed by atoms with Crippen LogP contribution in [0.15, 0.2) is 131 Å². The van der Waals surface area contributed by atoms with Gasteiger partial charge in [0.25, 0.3) is 0 Å². The van der Waals surface area contributed by atoms with Gasteiger partial charge in [-0.15, -0.1) is 0 Å². The van der Waals surface area contributed by atoms with Crippen molar-refractivity contribution in [2.24, 2.45) is 5.73 Å². The van der Waals surface area contributed by atoms with Gasteiger partial charge in [-0.3, -0.25) is 0 Å². The lowest BCUT2D eigenvalue weighted by Gasteiger charge is -2.06. The molecule has 4 aromatic carbocycles. The van der Waals surface area contributed by atoms with E-state index in [9.17, 15) is 0 Å². The number of hydrogen-bond donors (Lipinski definition) is 5. The van der Waals surface area contributed by atoms with Crippen LogP contribution in [0, 0.1) is 0 Å². The van der Waals surface area contributed by atoms with Crippen LogP contribution in [-0.2, 0) is 13.1 Å². The third kappa shape index (κ3) is 12.6. The molecule has 0 spiro atoms. The molecule has 14 heteroatoms. The van der Waals surface area contributed by atoms with Crippen molar-refractivity contribution in [2.75, 3.05) is 11.9 Å². The molecule has 0 atom stereocenters. The van der Waals surface area contributed by atoms with Crippen molar-refractivity contribution in [3.8, 4) is 22.5 Å². The Labute approximate surface area is 357 Å². The molecule has 0 fully saturated rings. The van der Waals surface area contributed by atoms with Crippen LogP contribution in [0.4, 0.5) is 5.82 Å². The van der Waals surface area contributed by atoms with Gasteiger partial charge in [-0.2, -0.15) is 0 Å². The second-order valence-electron chi connectivity index (χ2n) is 12.2. The van der Waals surface area contributed by atoms with Crippen LogP contribution < -0.4 is 11.1 Å². The highest BCUT2D eigenvalue weighted by Crippen LogP contribution is 2.29. The molecule has 0 amide bonds. The van der Waals surface area contributed by atoms with E-state index in [-0.39, 0.29) is 0 Å². The standard InChI is InChI=1S/C19H14BrClN4.C12H7BrClN3.C7H8ClN.C4H10O/c20-14-6-4-13(5-7-14)17-9-16-18(23-11-24-19(16)25-17)22-10-12-2-1-3-15(21)8-12;13-8-3-1-7(2-4-8)10-5-9-11(14)15-6-16-12(9)17-10;8-7-3-1-2-6(4-7)5-9;1-2-3-4-5/h1-9,11H,10H2,(H2,22,23,24,25);1-6H,(H,15,16,17);1-4H,5,9H2;5H,2-4H2,1H3. The third-order valence-electron chi connectivity index (χ3n) is 8.10. The van der Waals surface area contributed by atoms with E-state index in [4.69, 9.17) is 45.6 Å². The Morgan fingerprint density at radius 3 is 1.66 bits per heavy atom. The van der Waals surface area contributed by atoms with Gasteiger partial charge < -0.3 is 26.1 Å². The summed E-state index contributed by atoms with van der Waals surface area (Å²) in [7, 11) is 0. The minimum absolute atomic E-state index is 0.344. The van der Waals surface area contributed by atoms with E-state index < -0.39 is 0 Å². The van der Waals surface area contributed by atoms with Crippen molar-refractivity contribution in [1.82, 2.24) is 29.9 Å². The van der Waals surface area contributed by atoms with E-state index in [2.05, 4.69) is 92.2 Å². The number of rotatable bonds is 8. The van der Waals surface area contributed by atoms with Crippen LogP contribution in [0.5, 0.6) is 0 Å². The smallest absolute Gasteiger partial charge is 0.143 e. The molecule has 4 aromatic heterocycles. The number of aliphatic hydroxyl groups is 1. The van der Waals surface area contributed by atoms with E-state index in [1.165, 1.54) is 6.33 Å². The van der Waals surface area contributed by atoms with E-state index in [0.29, 0.717) is 24.8 Å². The van der Waals surface area contributed by atoms with Gasteiger partial charge in [-0.05, 0) is 89.3 Å². The molecule has 0 aliphatic carbocycles. The maximum Gasteiger partial charge on any atom is 0.143 e. The van der Waals surface area contributed by atoms with Crippen molar-refractivity contribution in [2.45, 2.75) is 32.9 Å². The van der Waals surface area contributed by atoms with Crippen molar-refractivity contribution in [3.05, 3.63) is 157 Å². The van der Waals surface area contributed by atoms with Gasteiger partial charge in [0.15, 0.2) is 0 Å². The fourth-order valence-electron chi connectivity index (χ4n) is 5.21. The SMILES string of the molecule is CCCCO.Clc1cccc(CNc2ncnc3[nH]c(-c4ccc(Br)cc4)cc23)c1.Clc1ncnc2[nH]c(-c3ccc(Br)cc3)cc12.NCc1cccc(Cl)c1. The second-order valence-corrected chi connectivity index (χ2v) is 15.2. The number of hydrogen-bond acceptors (Lipinski definition) is 7. The number of aliphatic hydroxyl groups excluding tert-OH is 1. The zero-order valence-electron chi connectivity index (χ0n) is 30.3. The number of nitrogens with one attached hydrogen (secondary N) is 3. The van der Waals surface area contributed by atoms with Gasteiger partial charge in [0, 0.05) is 50.1 Å². The quantitative estimate of drug-likeness (QED) is 0.0955. The number of halogens is 5. The molecule has 6 N–H and O–H groups in total. The summed E-state index contributed by atoms with van der Waals surface area (Å²) in [5, 5.41) is 15.2.